The van der Waals surface area contributed by atoms with E-state index in [4.69, 9.17) is 0 Å². The fourth-order valence-electron chi connectivity index (χ4n) is 3.06. The lowest BCUT2D eigenvalue weighted by Crippen LogP contribution is -2.52. The van der Waals surface area contributed by atoms with E-state index in [1.807, 2.05) is 0 Å². The average Bonchev–Trinajstić information content (AvgIpc) is 2.62. The highest BCUT2D eigenvalue weighted by atomic mass is 16.4. The van der Waals surface area contributed by atoms with Gasteiger partial charge in [-0.1, -0.05) is 0 Å². The van der Waals surface area contributed by atoms with E-state index in [1.54, 1.807) is 0 Å². The van der Waals surface area contributed by atoms with Gasteiger partial charge in [0.2, 0.25) is 0 Å². The lowest BCUT2D eigenvalue weighted by atomic mass is 9.62. The molecule has 2 atom stereocenters. The van der Waals surface area contributed by atoms with E-state index in [2.05, 4.69) is 0 Å². The highest BCUT2D eigenvalue weighted by Crippen LogP contribution is 2.50. The van der Waals surface area contributed by atoms with Crippen LogP contribution in [0.15, 0.2) is 0 Å². The molecule has 6 nitrogen and oxygen atoms in total. The molecule has 0 saturated heterocycles. The number of fused-ring (bicyclic) bond motifs is 1. The Labute approximate surface area is 96.6 Å². The standard InChI is InChI=1S/C11H12O6/c12-6-2-1-5-8(6)7(13)3-4-11(5,9(14)15)10(16)17/h5,8H,1-4H2,(H,14,15)(H,16,17). The van der Waals surface area contributed by atoms with Crippen LogP contribution in [-0.4, -0.2) is 33.7 Å². The topological polar surface area (TPSA) is 109 Å². The molecule has 0 aromatic carbocycles. The largest absolute Gasteiger partial charge is 0.480 e. The smallest absolute Gasteiger partial charge is 0.321 e. The van der Waals surface area contributed by atoms with Crippen LogP contribution in [0.5, 0.6) is 0 Å². The molecule has 2 aliphatic carbocycles. The molecular formula is C11H12O6. The zero-order valence-electron chi connectivity index (χ0n) is 9.01. The van der Waals surface area contributed by atoms with Crippen molar-refractivity contribution in [3.05, 3.63) is 0 Å². The normalized spacial score (nSPS) is 31.1. The number of rotatable bonds is 2. The molecule has 17 heavy (non-hydrogen) atoms. The summed E-state index contributed by atoms with van der Waals surface area (Å²) in [6.07, 6.45) is -0.0896. The zero-order chi connectivity index (χ0) is 12.8. The van der Waals surface area contributed by atoms with Crippen molar-refractivity contribution in [1.82, 2.24) is 0 Å². The average molecular weight is 240 g/mol. The van der Waals surface area contributed by atoms with Gasteiger partial charge in [-0.2, -0.15) is 0 Å². The van der Waals surface area contributed by atoms with Gasteiger partial charge in [-0.3, -0.25) is 19.2 Å². The number of hydrogen-bond acceptors (Lipinski definition) is 4. The first-order valence-corrected chi connectivity index (χ1v) is 5.43. The predicted octanol–water partition coefficient (Wildman–Crippen LogP) is 0.100. The van der Waals surface area contributed by atoms with Gasteiger partial charge >= 0.3 is 11.9 Å². The third-order valence-electron chi connectivity index (χ3n) is 3.96. The molecule has 0 amide bonds. The Morgan fingerprint density at radius 1 is 1.06 bits per heavy atom. The Hall–Kier alpha value is -1.72. The van der Waals surface area contributed by atoms with Crippen molar-refractivity contribution in [3.63, 3.8) is 0 Å². The summed E-state index contributed by atoms with van der Waals surface area (Å²) >= 11 is 0. The van der Waals surface area contributed by atoms with E-state index < -0.39 is 29.2 Å². The van der Waals surface area contributed by atoms with E-state index in [1.165, 1.54) is 0 Å². The molecule has 0 radical (unpaired) electrons. The van der Waals surface area contributed by atoms with Crippen LogP contribution in [0.1, 0.15) is 25.7 Å². The van der Waals surface area contributed by atoms with E-state index >= 15 is 0 Å². The number of carboxylic acid groups (broad SMARTS) is 2. The molecule has 2 fully saturated rings. The molecule has 0 aliphatic heterocycles. The van der Waals surface area contributed by atoms with Crippen molar-refractivity contribution >= 4 is 23.5 Å². The van der Waals surface area contributed by atoms with Crippen molar-refractivity contribution in [2.45, 2.75) is 25.7 Å². The van der Waals surface area contributed by atoms with Gasteiger partial charge in [0.25, 0.3) is 0 Å². The second kappa shape index (κ2) is 3.65. The quantitative estimate of drug-likeness (QED) is 0.662. The van der Waals surface area contributed by atoms with E-state index in [-0.39, 0.29) is 37.2 Å². The maximum atomic E-state index is 11.6. The maximum Gasteiger partial charge on any atom is 0.321 e. The first-order valence-electron chi connectivity index (χ1n) is 5.43. The number of carboxylic acids is 2. The van der Waals surface area contributed by atoms with Crippen molar-refractivity contribution in [2.75, 3.05) is 0 Å². The molecule has 0 spiro atoms. The summed E-state index contributed by atoms with van der Waals surface area (Å²) in [6.45, 7) is 0. The molecule has 2 unspecified atom stereocenters. The van der Waals surface area contributed by atoms with Gasteiger partial charge in [0, 0.05) is 18.8 Å². The van der Waals surface area contributed by atoms with Gasteiger partial charge in [-0.05, 0) is 12.8 Å². The molecule has 2 rings (SSSR count). The summed E-state index contributed by atoms with van der Waals surface area (Å²) in [5.74, 6) is -5.41. The first kappa shape index (κ1) is 11.8. The zero-order valence-corrected chi connectivity index (χ0v) is 9.01. The van der Waals surface area contributed by atoms with Crippen LogP contribution in [0, 0.1) is 17.3 Å². The number of hydrogen-bond donors (Lipinski definition) is 2. The van der Waals surface area contributed by atoms with Gasteiger partial charge in [-0.25, -0.2) is 0 Å². The third-order valence-corrected chi connectivity index (χ3v) is 3.96. The second-order valence-corrected chi connectivity index (χ2v) is 4.64. The first-order chi connectivity index (χ1) is 7.91. The monoisotopic (exact) mass is 240 g/mol. The molecular weight excluding hydrogens is 228 g/mol. The SMILES string of the molecule is O=C1CCC2C1C(=O)CCC2(C(=O)O)C(=O)O. The summed E-state index contributed by atoms with van der Waals surface area (Å²) in [6, 6.07) is 0. The number of aliphatic carboxylic acids is 2. The van der Waals surface area contributed by atoms with Crippen molar-refractivity contribution in [3.8, 4) is 0 Å². The highest BCUT2D eigenvalue weighted by molar-refractivity contribution is 6.09. The van der Waals surface area contributed by atoms with Gasteiger partial charge in [-0.15, -0.1) is 0 Å². The molecule has 2 saturated carbocycles. The Bertz CT molecular complexity index is 410. The van der Waals surface area contributed by atoms with Crippen molar-refractivity contribution < 1.29 is 29.4 Å². The molecule has 2 aliphatic rings. The fraction of sp³-hybridized carbons (Fsp3) is 0.636. The molecule has 0 aromatic heterocycles. The molecule has 92 valence electrons. The summed E-state index contributed by atoms with van der Waals surface area (Å²) in [7, 11) is 0. The summed E-state index contributed by atoms with van der Waals surface area (Å²) in [5.41, 5.74) is -1.97. The van der Waals surface area contributed by atoms with Crippen LogP contribution in [0.4, 0.5) is 0 Å². The van der Waals surface area contributed by atoms with E-state index in [0.29, 0.717) is 0 Å². The van der Waals surface area contributed by atoms with Gasteiger partial charge in [0.15, 0.2) is 5.41 Å². The summed E-state index contributed by atoms with van der Waals surface area (Å²) in [4.78, 5) is 45.7. The van der Waals surface area contributed by atoms with Crippen LogP contribution in [0.2, 0.25) is 0 Å². The number of Topliss-reactive ketones (excluding diaryl/α,β-unsaturated/α-hetero) is 2. The van der Waals surface area contributed by atoms with Crippen molar-refractivity contribution in [1.29, 1.82) is 0 Å². The Morgan fingerprint density at radius 3 is 2.12 bits per heavy atom. The third kappa shape index (κ3) is 1.40. The summed E-state index contributed by atoms with van der Waals surface area (Å²) in [5, 5.41) is 18.4. The molecule has 6 heteroatoms. The molecule has 0 heterocycles. The molecule has 2 N–H and O–H groups in total. The molecule has 0 aromatic rings. The van der Waals surface area contributed by atoms with Crippen LogP contribution in [-0.2, 0) is 19.2 Å². The van der Waals surface area contributed by atoms with Crippen molar-refractivity contribution in [2.24, 2.45) is 17.3 Å². The molecule has 0 bridgehead atoms. The predicted molar refractivity (Wildman–Crippen MR) is 53.2 cm³/mol. The van der Waals surface area contributed by atoms with Gasteiger partial charge in [0.1, 0.15) is 11.6 Å². The number of ketones is 2. The van der Waals surface area contributed by atoms with E-state index in [0.717, 1.165) is 0 Å². The number of carbonyl (C=O) groups is 4. The van der Waals surface area contributed by atoms with Crippen LogP contribution < -0.4 is 0 Å². The lowest BCUT2D eigenvalue weighted by Gasteiger charge is -2.37. The van der Waals surface area contributed by atoms with Gasteiger partial charge in [0.05, 0.1) is 5.92 Å². The van der Waals surface area contributed by atoms with Crippen LogP contribution >= 0.6 is 0 Å². The van der Waals surface area contributed by atoms with Gasteiger partial charge < -0.3 is 10.2 Å². The summed E-state index contributed by atoms with van der Waals surface area (Å²) < 4.78 is 0. The van der Waals surface area contributed by atoms with Crippen LogP contribution in [0.25, 0.3) is 0 Å². The van der Waals surface area contributed by atoms with E-state index in [9.17, 15) is 29.4 Å². The minimum absolute atomic E-state index is 0.101. The Balaban J connectivity index is 2.49. The minimum atomic E-state index is -1.97. The fourth-order valence-corrected chi connectivity index (χ4v) is 3.06. The minimum Gasteiger partial charge on any atom is -0.480 e. The second-order valence-electron chi connectivity index (χ2n) is 4.64. The Morgan fingerprint density at radius 2 is 1.59 bits per heavy atom. The Kier molecular flexibility index (Phi) is 2.52. The van der Waals surface area contributed by atoms with Crippen LogP contribution in [0.3, 0.4) is 0 Å². The highest BCUT2D eigenvalue weighted by Gasteiger charge is 2.62. The number of carbonyl (C=O) groups excluding carboxylic acids is 2. The lowest BCUT2D eigenvalue weighted by molar-refractivity contribution is -0.174. The maximum absolute atomic E-state index is 11.6.